The lowest BCUT2D eigenvalue weighted by molar-refractivity contribution is -0.700. The molecule has 0 spiro atoms. The highest BCUT2D eigenvalue weighted by molar-refractivity contribution is 4.83. The SMILES string of the molecule is CCCCCCc1n(CC)cc[n+]1CC. The molecule has 1 aromatic heterocycles. The van der Waals surface area contributed by atoms with Gasteiger partial charge in [-0.25, -0.2) is 9.13 Å². The molecule has 0 saturated heterocycles. The zero-order chi connectivity index (χ0) is 11.1. The van der Waals surface area contributed by atoms with Crippen LogP contribution in [0.3, 0.4) is 0 Å². The monoisotopic (exact) mass is 209 g/mol. The lowest BCUT2D eigenvalue weighted by atomic mass is 10.1. The fraction of sp³-hybridized carbons (Fsp3) is 0.769. The van der Waals surface area contributed by atoms with Crippen LogP contribution in [0.1, 0.15) is 52.3 Å². The van der Waals surface area contributed by atoms with Gasteiger partial charge in [0.15, 0.2) is 0 Å². The van der Waals surface area contributed by atoms with E-state index in [9.17, 15) is 0 Å². The number of aryl methyl sites for hydroxylation is 2. The number of unbranched alkanes of at least 4 members (excludes halogenated alkanes) is 3. The molecule has 1 heterocycles. The van der Waals surface area contributed by atoms with Gasteiger partial charge in [-0.1, -0.05) is 26.2 Å². The first-order chi connectivity index (χ1) is 7.33. The molecule has 2 heteroatoms. The summed E-state index contributed by atoms with van der Waals surface area (Å²) in [6.07, 6.45) is 11.0. The Bertz CT molecular complexity index is 255. The number of nitrogens with zero attached hydrogens (tertiary/aromatic N) is 2. The van der Waals surface area contributed by atoms with Crippen molar-refractivity contribution in [3.05, 3.63) is 18.2 Å². The van der Waals surface area contributed by atoms with Crippen molar-refractivity contribution in [2.24, 2.45) is 0 Å². The van der Waals surface area contributed by atoms with Crippen molar-refractivity contribution in [2.45, 2.75) is 66.0 Å². The highest BCUT2D eigenvalue weighted by Gasteiger charge is 2.13. The van der Waals surface area contributed by atoms with Crippen molar-refractivity contribution in [1.29, 1.82) is 0 Å². The minimum Gasteiger partial charge on any atom is -0.235 e. The third kappa shape index (κ3) is 3.37. The van der Waals surface area contributed by atoms with Crippen LogP contribution in [0.2, 0.25) is 0 Å². The zero-order valence-electron chi connectivity index (χ0n) is 10.5. The van der Waals surface area contributed by atoms with Crippen molar-refractivity contribution in [1.82, 2.24) is 4.57 Å². The molecule has 0 aromatic carbocycles. The first-order valence-corrected chi connectivity index (χ1v) is 6.40. The average molecular weight is 209 g/mol. The van der Waals surface area contributed by atoms with E-state index in [1.54, 1.807) is 0 Å². The van der Waals surface area contributed by atoms with Gasteiger partial charge in [-0.3, -0.25) is 0 Å². The minimum absolute atomic E-state index is 1.09. The van der Waals surface area contributed by atoms with Crippen LogP contribution in [-0.2, 0) is 19.5 Å². The molecule has 0 fully saturated rings. The van der Waals surface area contributed by atoms with E-state index in [1.165, 1.54) is 37.9 Å². The molecule has 0 bridgehead atoms. The molecule has 86 valence electrons. The number of aromatic nitrogens is 2. The minimum atomic E-state index is 1.09. The Morgan fingerprint density at radius 1 is 1.13 bits per heavy atom. The average Bonchev–Trinajstić information content (AvgIpc) is 2.66. The fourth-order valence-electron chi connectivity index (χ4n) is 2.07. The van der Waals surface area contributed by atoms with E-state index >= 15 is 0 Å². The van der Waals surface area contributed by atoms with Gasteiger partial charge in [-0.05, 0) is 20.3 Å². The third-order valence-electron chi connectivity index (χ3n) is 3.02. The van der Waals surface area contributed by atoms with Crippen LogP contribution < -0.4 is 4.57 Å². The Morgan fingerprint density at radius 2 is 1.93 bits per heavy atom. The molecular weight excluding hydrogens is 184 g/mol. The zero-order valence-corrected chi connectivity index (χ0v) is 10.5. The maximum absolute atomic E-state index is 2.37. The highest BCUT2D eigenvalue weighted by atomic mass is 15.1. The molecule has 15 heavy (non-hydrogen) atoms. The van der Waals surface area contributed by atoms with Gasteiger partial charge in [0.05, 0.1) is 13.1 Å². The standard InChI is InChI=1S/C13H25N2/c1-4-7-8-9-10-13-14(5-2)11-12-15(13)6-3/h11-12H,4-10H2,1-3H3/q+1. The summed E-state index contributed by atoms with van der Waals surface area (Å²) in [7, 11) is 0. The summed E-state index contributed by atoms with van der Waals surface area (Å²) in [6, 6.07) is 0. The molecule has 0 atom stereocenters. The normalized spacial score (nSPS) is 10.9. The largest absolute Gasteiger partial charge is 0.256 e. The van der Waals surface area contributed by atoms with Gasteiger partial charge in [0.25, 0.3) is 5.82 Å². The molecule has 0 aliphatic rings. The van der Waals surface area contributed by atoms with Crippen LogP contribution in [0.4, 0.5) is 0 Å². The summed E-state index contributed by atoms with van der Waals surface area (Å²) in [4.78, 5) is 0. The Kier molecular flexibility index (Phi) is 5.44. The predicted molar refractivity (Wildman–Crippen MR) is 63.8 cm³/mol. The molecule has 0 unspecified atom stereocenters. The van der Waals surface area contributed by atoms with E-state index in [1.807, 2.05) is 0 Å². The van der Waals surface area contributed by atoms with Crippen molar-refractivity contribution in [2.75, 3.05) is 0 Å². The molecule has 0 amide bonds. The van der Waals surface area contributed by atoms with Crippen molar-refractivity contribution in [3.63, 3.8) is 0 Å². The lowest BCUT2D eigenvalue weighted by Gasteiger charge is -2.02. The second kappa shape index (κ2) is 6.65. The van der Waals surface area contributed by atoms with Gasteiger partial charge in [-0.2, -0.15) is 0 Å². The number of imidazole rings is 1. The van der Waals surface area contributed by atoms with Gasteiger partial charge >= 0.3 is 0 Å². The summed E-state index contributed by atoms with van der Waals surface area (Å²) < 4.78 is 4.74. The Balaban J connectivity index is 2.53. The summed E-state index contributed by atoms with van der Waals surface area (Å²) in [5, 5.41) is 0. The van der Waals surface area contributed by atoms with Gasteiger partial charge in [0, 0.05) is 6.42 Å². The molecule has 0 radical (unpaired) electrons. The van der Waals surface area contributed by atoms with Crippen LogP contribution in [0, 0.1) is 0 Å². The second-order valence-electron chi connectivity index (χ2n) is 4.10. The molecular formula is C13H25N2+. The van der Waals surface area contributed by atoms with Gasteiger partial charge in [0.2, 0.25) is 0 Å². The van der Waals surface area contributed by atoms with E-state index in [0.717, 1.165) is 13.1 Å². The number of hydrogen-bond donors (Lipinski definition) is 0. The fourth-order valence-corrected chi connectivity index (χ4v) is 2.07. The third-order valence-corrected chi connectivity index (χ3v) is 3.02. The maximum atomic E-state index is 2.37. The second-order valence-corrected chi connectivity index (χ2v) is 4.10. The van der Waals surface area contributed by atoms with Crippen molar-refractivity contribution in [3.8, 4) is 0 Å². The summed E-state index contributed by atoms with van der Waals surface area (Å²) in [5.41, 5.74) is 0. The van der Waals surface area contributed by atoms with Crippen molar-refractivity contribution >= 4 is 0 Å². The molecule has 1 aromatic rings. The molecule has 0 aliphatic carbocycles. The van der Waals surface area contributed by atoms with E-state index in [2.05, 4.69) is 42.3 Å². The number of rotatable bonds is 7. The van der Waals surface area contributed by atoms with Crippen LogP contribution >= 0.6 is 0 Å². The first kappa shape index (κ1) is 12.3. The molecule has 0 aliphatic heterocycles. The summed E-state index contributed by atoms with van der Waals surface area (Å²) in [6.45, 7) is 8.89. The number of hydrogen-bond acceptors (Lipinski definition) is 0. The first-order valence-electron chi connectivity index (χ1n) is 6.40. The lowest BCUT2D eigenvalue weighted by Crippen LogP contribution is -2.35. The van der Waals surface area contributed by atoms with Gasteiger partial charge in [0.1, 0.15) is 12.4 Å². The van der Waals surface area contributed by atoms with Gasteiger partial charge < -0.3 is 0 Å². The molecule has 0 N–H and O–H groups in total. The van der Waals surface area contributed by atoms with E-state index in [0.29, 0.717) is 0 Å². The molecule has 0 saturated carbocycles. The van der Waals surface area contributed by atoms with Crippen LogP contribution in [-0.4, -0.2) is 4.57 Å². The van der Waals surface area contributed by atoms with Crippen LogP contribution in [0.25, 0.3) is 0 Å². The highest BCUT2D eigenvalue weighted by Crippen LogP contribution is 2.05. The van der Waals surface area contributed by atoms with E-state index < -0.39 is 0 Å². The summed E-state index contributed by atoms with van der Waals surface area (Å²) >= 11 is 0. The Labute approximate surface area is 93.9 Å². The maximum Gasteiger partial charge on any atom is 0.256 e. The quantitative estimate of drug-likeness (QED) is 0.482. The van der Waals surface area contributed by atoms with Crippen LogP contribution in [0.15, 0.2) is 12.4 Å². The molecule has 1 rings (SSSR count). The van der Waals surface area contributed by atoms with Crippen molar-refractivity contribution < 1.29 is 4.57 Å². The predicted octanol–water partition coefficient (Wildman–Crippen LogP) is 2.94. The topological polar surface area (TPSA) is 8.81 Å². The van der Waals surface area contributed by atoms with Gasteiger partial charge in [-0.15, -0.1) is 0 Å². The van der Waals surface area contributed by atoms with E-state index in [-0.39, 0.29) is 0 Å². The Hall–Kier alpha value is -0.790. The Morgan fingerprint density at radius 3 is 2.53 bits per heavy atom. The van der Waals surface area contributed by atoms with E-state index in [4.69, 9.17) is 0 Å². The smallest absolute Gasteiger partial charge is 0.235 e. The summed E-state index contributed by atoms with van der Waals surface area (Å²) in [5.74, 6) is 1.50. The van der Waals surface area contributed by atoms with Crippen LogP contribution in [0.5, 0.6) is 0 Å². The molecule has 2 nitrogen and oxygen atoms in total.